The van der Waals surface area contributed by atoms with Crippen molar-refractivity contribution in [1.29, 1.82) is 0 Å². The number of imide groups is 1. The molecule has 3 fully saturated rings. The highest BCUT2D eigenvalue weighted by Gasteiger charge is 2.42. The Kier molecular flexibility index (Phi) is 8.23. The summed E-state index contributed by atoms with van der Waals surface area (Å²) in [7, 11) is 0. The van der Waals surface area contributed by atoms with Gasteiger partial charge in [0.15, 0.2) is 5.69 Å². The molecule has 0 spiro atoms. The van der Waals surface area contributed by atoms with Crippen molar-refractivity contribution >= 4 is 29.6 Å². The first-order valence-corrected chi connectivity index (χ1v) is 13.9. The lowest BCUT2D eigenvalue weighted by Crippen LogP contribution is -2.52. The molecule has 2 N–H and O–H groups in total. The van der Waals surface area contributed by atoms with Crippen LogP contribution in [0.2, 0.25) is 0 Å². The Morgan fingerprint density at radius 2 is 1.81 bits per heavy atom. The third-order valence-corrected chi connectivity index (χ3v) is 8.28. The van der Waals surface area contributed by atoms with Crippen molar-refractivity contribution in [3.05, 3.63) is 41.2 Å². The predicted molar refractivity (Wildman–Crippen MR) is 141 cm³/mol. The molecule has 43 heavy (non-hydrogen) atoms. The lowest BCUT2D eigenvalue weighted by molar-refractivity contribution is -0.192. The molecular formula is C27H30F3N7O6. The standard InChI is InChI=1S/C25H29N7O4.C2HF3O2/c1-2-29-10-9-16-5-6-18(13-29)32(16)25(36)20-14-31(28-27-20)17-4-3-15-12-30(24(35)19(15)11-17)21-7-8-22(33)26-23(21)34;3-2(4,5)1(6)7/h3-4,11,14,16,18,21H,2,5-10,12-13H2,1H3,(H,26,33,34);(H,6,7). The van der Waals surface area contributed by atoms with Gasteiger partial charge in [-0.2, -0.15) is 13.2 Å². The number of carboxylic acids is 1. The molecule has 13 nitrogen and oxygen atoms in total. The zero-order valence-corrected chi connectivity index (χ0v) is 23.2. The Hall–Kier alpha value is -4.34. The number of aliphatic carboxylic acids is 1. The van der Waals surface area contributed by atoms with Gasteiger partial charge >= 0.3 is 12.1 Å². The number of hydrogen-bond acceptors (Lipinski definition) is 8. The minimum absolute atomic E-state index is 0.0898. The molecule has 3 atom stereocenters. The number of carboxylic acid groups (broad SMARTS) is 1. The second kappa shape index (κ2) is 11.7. The fourth-order valence-electron chi connectivity index (χ4n) is 6.07. The molecule has 3 saturated heterocycles. The second-order valence-corrected chi connectivity index (χ2v) is 10.9. The number of likely N-dealkylation sites (tertiary alicyclic amines) is 1. The number of benzene rings is 1. The van der Waals surface area contributed by atoms with Crippen molar-refractivity contribution in [1.82, 2.24) is 35.0 Å². The minimum atomic E-state index is -5.08. The van der Waals surface area contributed by atoms with Gasteiger partial charge in [0, 0.05) is 43.7 Å². The number of nitrogens with zero attached hydrogens (tertiary/aromatic N) is 6. The molecule has 1 aromatic carbocycles. The van der Waals surface area contributed by atoms with Gasteiger partial charge in [-0.3, -0.25) is 24.5 Å². The molecule has 4 amide bonds. The third kappa shape index (κ3) is 6.09. The number of likely N-dealkylation sites (N-methyl/N-ethyl adjacent to an activating group) is 1. The van der Waals surface area contributed by atoms with E-state index in [0.29, 0.717) is 29.9 Å². The summed E-state index contributed by atoms with van der Waals surface area (Å²) in [5.41, 5.74) is 2.22. The largest absolute Gasteiger partial charge is 0.490 e. The van der Waals surface area contributed by atoms with Crippen molar-refractivity contribution in [2.24, 2.45) is 0 Å². The van der Waals surface area contributed by atoms with Gasteiger partial charge < -0.3 is 19.8 Å². The Morgan fingerprint density at radius 3 is 2.49 bits per heavy atom. The van der Waals surface area contributed by atoms with Gasteiger partial charge in [-0.15, -0.1) is 5.10 Å². The van der Waals surface area contributed by atoms with Crippen molar-refractivity contribution in [2.45, 2.75) is 69.9 Å². The van der Waals surface area contributed by atoms with E-state index in [1.165, 1.54) is 9.58 Å². The van der Waals surface area contributed by atoms with Gasteiger partial charge in [0.1, 0.15) is 6.04 Å². The van der Waals surface area contributed by atoms with Crippen molar-refractivity contribution < 1.29 is 42.3 Å². The first kappa shape index (κ1) is 30.1. The number of amides is 4. The number of hydrogen-bond donors (Lipinski definition) is 2. The maximum atomic E-state index is 13.4. The topological polar surface area (TPSA) is 158 Å². The minimum Gasteiger partial charge on any atom is -0.475 e. The zero-order chi connectivity index (χ0) is 31.1. The van der Waals surface area contributed by atoms with Crippen LogP contribution in [0.5, 0.6) is 0 Å². The Morgan fingerprint density at radius 1 is 1.09 bits per heavy atom. The fraction of sp³-hybridized carbons (Fsp3) is 0.519. The number of alkyl halides is 3. The average molecular weight is 606 g/mol. The summed E-state index contributed by atoms with van der Waals surface area (Å²) in [4.78, 5) is 65.2. The van der Waals surface area contributed by atoms with E-state index in [2.05, 4.69) is 27.5 Å². The Labute approximate surface area is 243 Å². The van der Waals surface area contributed by atoms with Crippen LogP contribution < -0.4 is 5.32 Å². The van der Waals surface area contributed by atoms with Crippen LogP contribution in [0.25, 0.3) is 5.69 Å². The van der Waals surface area contributed by atoms with Crippen LogP contribution in [-0.4, -0.2) is 108 Å². The molecule has 0 saturated carbocycles. The maximum absolute atomic E-state index is 13.4. The highest BCUT2D eigenvalue weighted by atomic mass is 19.4. The molecule has 6 rings (SSSR count). The van der Waals surface area contributed by atoms with Crippen LogP contribution in [0, 0.1) is 0 Å². The number of aromatic nitrogens is 3. The van der Waals surface area contributed by atoms with Crippen molar-refractivity contribution in [3.63, 3.8) is 0 Å². The van der Waals surface area contributed by atoms with E-state index in [4.69, 9.17) is 9.90 Å². The van der Waals surface area contributed by atoms with Gasteiger partial charge in [-0.05, 0) is 49.9 Å². The Bertz CT molecular complexity index is 1460. The summed E-state index contributed by atoms with van der Waals surface area (Å²) in [5.74, 6) is -3.84. The van der Waals surface area contributed by atoms with E-state index in [0.717, 1.165) is 44.5 Å². The number of rotatable bonds is 4. The van der Waals surface area contributed by atoms with Gasteiger partial charge in [0.25, 0.3) is 11.8 Å². The monoisotopic (exact) mass is 605 g/mol. The molecule has 16 heteroatoms. The van der Waals surface area contributed by atoms with Crippen LogP contribution >= 0.6 is 0 Å². The first-order valence-electron chi connectivity index (χ1n) is 13.9. The summed E-state index contributed by atoms with van der Waals surface area (Å²) in [5, 5.41) is 17.8. The number of carbonyl (C=O) groups is 5. The van der Waals surface area contributed by atoms with Crippen LogP contribution in [0.15, 0.2) is 24.4 Å². The van der Waals surface area contributed by atoms with E-state index in [1.807, 2.05) is 17.0 Å². The van der Waals surface area contributed by atoms with Crippen LogP contribution in [0.1, 0.15) is 65.4 Å². The number of halogens is 3. The number of piperidine rings is 1. The van der Waals surface area contributed by atoms with E-state index < -0.39 is 24.1 Å². The van der Waals surface area contributed by atoms with E-state index in [1.54, 1.807) is 12.3 Å². The average Bonchev–Trinajstić information content (AvgIpc) is 3.64. The molecule has 4 aliphatic heterocycles. The summed E-state index contributed by atoms with van der Waals surface area (Å²) in [6.45, 7) is 5.35. The van der Waals surface area contributed by atoms with Crippen LogP contribution in [0.4, 0.5) is 13.2 Å². The molecule has 4 aliphatic rings. The van der Waals surface area contributed by atoms with Crippen molar-refractivity contribution in [3.8, 4) is 5.69 Å². The normalized spacial score (nSPS) is 23.8. The van der Waals surface area contributed by atoms with Gasteiger partial charge in [0.2, 0.25) is 11.8 Å². The van der Waals surface area contributed by atoms with E-state index in [-0.39, 0.29) is 36.2 Å². The molecule has 3 unspecified atom stereocenters. The molecule has 0 radical (unpaired) electrons. The molecule has 2 bridgehead atoms. The van der Waals surface area contributed by atoms with Gasteiger partial charge in [-0.1, -0.05) is 18.2 Å². The highest BCUT2D eigenvalue weighted by Crippen LogP contribution is 2.32. The molecule has 230 valence electrons. The summed E-state index contributed by atoms with van der Waals surface area (Å²) >= 11 is 0. The summed E-state index contributed by atoms with van der Waals surface area (Å²) in [6, 6.07) is 5.17. The first-order chi connectivity index (χ1) is 20.4. The lowest BCUT2D eigenvalue weighted by atomic mass is 10.0. The lowest BCUT2D eigenvalue weighted by Gasteiger charge is -2.29. The Balaban J connectivity index is 0.000000472. The number of nitrogens with one attached hydrogen (secondary N) is 1. The van der Waals surface area contributed by atoms with Crippen molar-refractivity contribution in [2.75, 3.05) is 19.6 Å². The van der Waals surface area contributed by atoms with E-state index >= 15 is 0 Å². The molecular weight excluding hydrogens is 575 g/mol. The van der Waals surface area contributed by atoms with Gasteiger partial charge in [0.05, 0.1) is 11.9 Å². The zero-order valence-electron chi connectivity index (χ0n) is 23.2. The third-order valence-electron chi connectivity index (χ3n) is 8.28. The molecule has 5 heterocycles. The maximum Gasteiger partial charge on any atom is 0.490 e. The smallest absolute Gasteiger partial charge is 0.475 e. The molecule has 2 aromatic rings. The highest BCUT2D eigenvalue weighted by molar-refractivity contribution is 6.05. The number of carbonyl (C=O) groups excluding carboxylic acids is 4. The van der Waals surface area contributed by atoms with Crippen LogP contribution in [0.3, 0.4) is 0 Å². The van der Waals surface area contributed by atoms with E-state index in [9.17, 15) is 32.3 Å². The quantitative estimate of drug-likeness (QED) is 0.491. The summed E-state index contributed by atoms with van der Waals surface area (Å²) < 4.78 is 33.3. The second-order valence-electron chi connectivity index (χ2n) is 10.9. The SMILES string of the molecule is CCN1CCC2CCC(C1)N2C(=O)c1cn(-c2ccc3c(c2)C(=O)N(C2CCC(=O)NC2=O)C3)nn1.O=C(O)C(F)(F)F. The van der Waals surface area contributed by atoms with Crippen LogP contribution in [-0.2, 0) is 20.9 Å². The van der Waals surface area contributed by atoms with Gasteiger partial charge in [-0.25, -0.2) is 9.48 Å². The fourth-order valence-corrected chi connectivity index (χ4v) is 6.07. The predicted octanol–water partition coefficient (Wildman–Crippen LogP) is 1.36. The number of fused-ring (bicyclic) bond motifs is 3. The molecule has 0 aliphatic carbocycles. The summed E-state index contributed by atoms with van der Waals surface area (Å²) in [6.07, 6.45) is 0.0909. The molecule has 1 aromatic heterocycles.